The maximum Gasteiger partial charge on any atom is 0.255 e. The van der Waals surface area contributed by atoms with Gasteiger partial charge in [-0.25, -0.2) is 0 Å². The summed E-state index contributed by atoms with van der Waals surface area (Å²) in [5.74, 6) is -0.0792. The first-order chi connectivity index (χ1) is 9.04. The second-order valence-corrected chi connectivity index (χ2v) is 4.78. The van der Waals surface area contributed by atoms with Crippen LogP contribution in [0.25, 0.3) is 0 Å². The Kier molecular flexibility index (Phi) is 6.38. The number of rotatable bonds is 7. The number of nitrogens with zero attached hydrogens (tertiary/aromatic N) is 2. The summed E-state index contributed by atoms with van der Waals surface area (Å²) in [6, 6.07) is 1.82. The molecule has 0 radical (unpaired) electrons. The molecule has 0 atom stereocenters. The van der Waals surface area contributed by atoms with Crippen molar-refractivity contribution in [1.29, 1.82) is 0 Å². The average Bonchev–Trinajstić information content (AvgIpc) is 2.38. The first kappa shape index (κ1) is 15.5. The Hall–Kier alpha value is -1.53. The molecule has 0 aliphatic rings. The number of hydrogen-bond acceptors (Lipinski definition) is 4. The molecule has 0 bridgehead atoms. The zero-order valence-corrected chi connectivity index (χ0v) is 12.1. The van der Waals surface area contributed by atoms with E-state index in [1.54, 1.807) is 24.4 Å². The third-order valence-electron chi connectivity index (χ3n) is 2.60. The van der Waals surface area contributed by atoms with Gasteiger partial charge in [-0.2, -0.15) is 0 Å². The summed E-state index contributed by atoms with van der Waals surface area (Å²) in [7, 11) is 1.60. The molecule has 1 aromatic rings. The molecule has 0 fully saturated rings. The molecule has 6 heteroatoms. The van der Waals surface area contributed by atoms with Gasteiger partial charge in [0.05, 0.1) is 17.2 Å². The minimum absolute atomic E-state index is 0.0792. The Balaban J connectivity index is 2.77. The second kappa shape index (κ2) is 7.81. The van der Waals surface area contributed by atoms with Crippen LogP contribution in [0.15, 0.2) is 18.5 Å². The van der Waals surface area contributed by atoms with Crippen molar-refractivity contribution >= 4 is 23.1 Å². The van der Waals surface area contributed by atoms with Crippen molar-refractivity contribution in [3.63, 3.8) is 0 Å². The highest BCUT2D eigenvalue weighted by Gasteiger charge is 2.16. The molecule has 104 valence electrons. The van der Waals surface area contributed by atoms with Gasteiger partial charge in [-0.15, -0.1) is 0 Å². The summed E-state index contributed by atoms with van der Waals surface area (Å²) < 4.78 is 5.02. The fourth-order valence-corrected chi connectivity index (χ4v) is 1.71. The summed E-state index contributed by atoms with van der Waals surface area (Å²) in [6.45, 7) is 3.37. The van der Waals surface area contributed by atoms with Gasteiger partial charge in [0.2, 0.25) is 0 Å². The van der Waals surface area contributed by atoms with E-state index >= 15 is 0 Å². The molecule has 19 heavy (non-hydrogen) atoms. The second-order valence-electron chi connectivity index (χ2n) is 4.25. The van der Waals surface area contributed by atoms with Gasteiger partial charge in [0.25, 0.3) is 5.91 Å². The van der Waals surface area contributed by atoms with Crippen LogP contribution < -0.4 is 5.73 Å². The SMILES string of the molecule is COCCN(CCC(N)=S)C(=O)c1cncc(C)c1. The largest absolute Gasteiger partial charge is 0.393 e. The molecule has 0 spiro atoms. The van der Waals surface area contributed by atoms with Gasteiger partial charge in [-0.1, -0.05) is 12.2 Å². The van der Waals surface area contributed by atoms with E-state index in [1.807, 2.05) is 13.0 Å². The third kappa shape index (κ3) is 5.32. The van der Waals surface area contributed by atoms with Crippen LogP contribution in [0, 0.1) is 6.92 Å². The van der Waals surface area contributed by atoms with Crippen molar-refractivity contribution in [2.45, 2.75) is 13.3 Å². The lowest BCUT2D eigenvalue weighted by Gasteiger charge is -2.22. The number of amides is 1. The zero-order chi connectivity index (χ0) is 14.3. The van der Waals surface area contributed by atoms with Crippen LogP contribution in [-0.2, 0) is 4.74 Å². The number of methoxy groups -OCH3 is 1. The molecule has 0 unspecified atom stereocenters. The van der Waals surface area contributed by atoms with Gasteiger partial charge in [0.15, 0.2) is 0 Å². The zero-order valence-electron chi connectivity index (χ0n) is 11.3. The van der Waals surface area contributed by atoms with E-state index in [0.29, 0.717) is 36.7 Å². The third-order valence-corrected chi connectivity index (χ3v) is 2.81. The van der Waals surface area contributed by atoms with E-state index in [0.717, 1.165) is 5.56 Å². The fraction of sp³-hybridized carbons (Fsp3) is 0.462. The maximum absolute atomic E-state index is 12.4. The van der Waals surface area contributed by atoms with Crippen molar-refractivity contribution in [3.05, 3.63) is 29.6 Å². The normalized spacial score (nSPS) is 10.2. The molecule has 0 aliphatic carbocycles. The predicted octanol–water partition coefficient (Wildman–Crippen LogP) is 1.15. The summed E-state index contributed by atoms with van der Waals surface area (Å²) in [6.07, 6.45) is 3.78. The van der Waals surface area contributed by atoms with E-state index in [1.165, 1.54) is 0 Å². The lowest BCUT2D eigenvalue weighted by Crippen LogP contribution is -2.36. The van der Waals surface area contributed by atoms with Gasteiger partial charge < -0.3 is 15.4 Å². The molecule has 0 saturated heterocycles. The van der Waals surface area contributed by atoms with Crippen LogP contribution in [-0.4, -0.2) is 47.6 Å². The molecule has 1 heterocycles. The predicted molar refractivity (Wildman–Crippen MR) is 78.2 cm³/mol. The van der Waals surface area contributed by atoms with E-state index < -0.39 is 0 Å². The molecule has 1 amide bonds. The number of hydrogen-bond donors (Lipinski definition) is 1. The van der Waals surface area contributed by atoms with Crippen molar-refractivity contribution in [2.75, 3.05) is 26.8 Å². The van der Waals surface area contributed by atoms with E-state index in [2.05, 4.69) is 4.98 Å². The highest BCUT2D eigenvalue weighted by Crippen LogP contribution is 2.07. The van der Waals surface area contributed by atoms with Crippen molar-refractivity contribution in [3.8, 4) is 0 Å². The van der Waals surface area contributed by atoms with Crippen molar-refractivity contribution in [1.82, 2.24) is 9.88 Å². The first-order valence-corrected chi connectivity index (χ1v) is 6.43. The molecule has 2 N–H and O–H groups in total. The minimum atomic E-state index is -0.0792. The van der Waals surface area contributed by atoms with Gasteiger partial charge in [-0.05, 0) is 18.6 Å². The number of aryl methyl sites for hydroxylation is 1. The molecular formula is C13H19N3O2S. The summed E-state index contributed by atoms with van der Waals surface area (Å²) in [5, 5.41) is 0. The Morgan fingerprint density at radius 1 is 1.47 bits per heavy atom. The monoisotopic (exact) mass is 281 g/mol. The average molecular weight is 281 g/mol. The first-order valence-electron chi connectivity index (χ1n) is 6.02. The lowest BCUT2D eigenvalue weighted by atomic mass is 10.2. The Labute approximate surface area is 118 Å². The van der Waals surface area contributed by atoms with Crippen LogP contribution in [0.1, 0.15) is 22.3 Å². The molecule has 1 rings (SSSR count). The van der Waals surface area contributed by atoms with E-state index in [-0.39, 0.29) is 5.91 Å². The molecule has 0 aliphatic heterocycles. The smallest absolute Gasteiger partial charge is 0.255 e. The maximum atomic E-state index is 12.4. The van der Waals surface area contributed by atoms with Crippen LogP contribution >= 0.6 is 12.2 Å². The van der Waals surface area contributed by atoms with E-state index in [4.69, 9.17) is 22.7 Å². The lowest BCUT2D eigenvalue weighted by molar-refractivity contribution is 0.0700. The summed E-state index contributed by atoms with van der Waals surface area (Å²) in [5.41, 5.74) is 7.00. The van der Waals surface area contributed by atoms with Gasteiger partial charge in [-0.3, -0.25) is 9.78 Å². The van der Waals surface area contributed by atoms with Gasteiger partial charge in [0.1, 0.15) is 0 Å². The number of carbonyl (C=O) groups excluding carboxylic acids is 1. The molecule has 1 aromatic heterocycles. The highest BCUT2D eigenvalue weighted by molar-refractivity contribution is 7.80. The Bertz CT molecular complexity index is 451. The number of aromatic nitrogens is 1. The van der Waals surface area contributed by atoms with E-state index in [9.17, 15) is 4.79 Å². The standard InChI is InChI=1S/C13H19N3O2S/c1-10-7-11(9-15-8-10)13(17)16(5-6-18-2)4-3-12(14)19/h7-9H,3-6H2,1-2H3,(H2,14,19). The van der Waals surface area contributed by atoms with Crippen LogP contribution in [0.3, 0.4) is 0 Å². The number of pyridine rings is 1. The summed E-state index contributed by atoms with van der Waals surface area (Å²) in [4.78, 5) is 18.5. The Morgan fingerprint density at radius 2 is 2.21 bits per heavy atom. The van der Waals surface area contributed by atoms with Crippen LogP contribution in [0.2, 0.25) is 0 Å². The number of thiocarbonyl (C=S) groups is 1. The molecular weight excluding hydrogens is 262 g/mol. The fourth-order valence-electron chi connectivity index (χ4n) is 1.62. The van der Waals surface area contributed by atoms with Gasteiger partial charge >= 0.3 is 0 Å². The topological polar surface area (TPSA) is 68.5 Å². The van der Waals surface area contributed by atoms with Crippen LogP contribution in [0.5, 0.6) is 0 Å². The number of ether oxygens (including phenoxy) is 1. The number of carbonyl (C=O) groups is 1. The van der Waals surface area contributed by atoms with Crippen molar-refractivity contribution < 1.29 is 9.53 Å². The Morgan fingerprint density at radius 3 is 2.79 bits per heavy atom. The number of nitrogens with two attached hydrogens (primary N) is 1. The minimum Gasteiger partial charge on any atom is -0.393 e. The van der Waals surface area contributed by atoms with Crippen molar-refractivity contribution in [2.24, 2.45) is 5.73 Å². The molecule has 0 aromatic carbocycles. The molecule has 5 nitrogen and oxygen atoms in total. The quantitative estimate of drug-likeness (QED) is 0.759. The summed E-state index contributed by atoms with van der Waals surface area (Å²) >= 11 is 4.85. The highest BCUT2D eigenvalue weighted by atomic mass is 32.1. The van der Waals surface area contributed by atoms with Crippen LogP contribution in [0.4, 0.5) is 0 Å². The van der Waals surface area contributed by atoms with Gasteiger partial charge in [0, 0.05) is 39.0 Å². The molecule has 0 saturated carbocycles.